The van der Waals surface area contributed by atoms with E-state index in [1.165, 1.54) is 17.5 Å². The molecule has 0 radical (unpaired) electrons. The van der Waals surface area contributed by atoms with Crippen LogP contribution in [-0.4, -0.2) is 21.7 Å². The van der Waals surface area contributed by atoms with Crippen LogP contribution in [0.3, 0.4) is 0 Å². The maximum Gasteiger partial charge on any atom is 0.267 e. The molecule has 1 aromatic heterocycles. The molecule has 2 aromatic rings. The number of rotatable bonds is 6. The SMILES string of the molecule is C[C@@H](Cn1nc2c(cc1=O)CCCC2)NC(=O)C(c1ccccc1)C1CCCC1. The van der Waals surface area contributed by atoms with Gasteiger partial charge in [-0.3, -0.25) is 9.59 Å². The first-order valence-corrected chi connectivity index (χ1v) is 11.1. The summed E-state index contributed by atoms with van der Waals surface area (Å²) >= 11 is 0. The monoisotopic (exact) mass is 393 g/mol. The van der Waals surface area contributed by atoms with Gasteiger partial charge in [0.05, 0.1) is 18.2 Å². The fraction of sp³-hybridized carbons (Fsp3) is 0.542. The van der Waals surface area contributed by atoms with E-state index in [4.69, 9.17) is 0 Å². The number of fused-ring (bicyclic) bond motifs is 1. The van der Waals surface area contributed by atoms with Crippen LogP contribution < -0.4 is 10.9 Å². The Labute approximate surface area is 172 Å². The molecule has 5 heteroatoms. The fourth-order valence-electron chi connectivity index (χ4n) is 4.96. The summed E-state index contributed by atoms with van der Waals surface area (Å²) in [5.41, 5.74) is 3.16. The van der Waals surface area contributed by atoms with E-state index in [9.17, 15) is 9.59 Å². The van der Waals surface area contributed by atoms with Gasteiger partial charge in [0, 0.05) is 12.1 Å². The number of amides is 1. The van der Waals surface area contributed by atoms with Crippen LogP contribution in [0.5, 0.6) is 0 Å². The third-order valence-corrected chi connectivity index (χ3v) is 6.42. The topological polar surface area (TPSA) is 64.0 Å². The number of aromatic nitrogens is 2. The Balaban J connectivity index is 1.47. The Kier molecular flexibility index (Phi) is 6.12. The molecule has 1 unspecified atom stereocenters. The highest BCUT2D eigenvalue weighted by Gasteiger charge is 2.32. The van der Waals surface area contributed by atoms with E-state index in [1.54, 1.807) is 6.07 Å². The maximum atomic E-state index is 13.2. The van der Waals surface area contributed by atoms with Crippen molar-refractivity contribution in [1.29, 1.82) is 0 Å². The van der Waals surface area contributed by atoms with Gasteiger partial charge in [0.1, 0.15) is 0 Å². The van der Waals surface area contributed by atoms with E-state index in [0.29, 0.717) is 12.5 Å². The molecule has 4 rings (SSSR count). The van der Waals surface area contributed by atoms with Crippen LogP contribution in [0.25, 0.3) is 0 Å². The molecule has 2 aliphatic rings. The Morgan fingerprint density at radius 1 is 1.14 bits per heavy atom. The summed E-state index contributed by atoms with van der Waals surface area (Å²) in [4.78, 5) is 25.7. The third kappa shape index (κ3) is 4.60. The number of carbonyl (C=O) groups excluding carboxylic acids is 1. The van der Waals surface area contributed by atoms with Crippen molar-refractivity contribution in [2.24, 2.45) is 5.92 Å². The van der Waals surface area contributed by atoms with Gasteiger partial charge in [0.25, 0.3) is 5.56 Å². The lowest BCUT2D eigenvalue weighted by Crippen LogP contribution is -2.42. The van der Waals surface area contributed by atoms with Crippen molar-refractivity contribution in [2.45, 2.75) is 76.8 Å². The van der Waals surface area contributed by atoms with Gasteiger partial charge >= 0.3 is 0 Å². The number of carbonyl (C=O) groups is 1. The first kappa shape index (κ1) is 19.9. The third-order valence-electron chi connectivity index (χ3n) is 6.42. The Morgan fingerprint density at radius 3 is 2.62 bits per heavy atom. The average Bonchev–Trinajstić information content (AvgIpc) is 3.23. The molecule has 29 heavy (non-hydrogen) atoms. The summed E-state index contributed by atoms with van der Waals surface area (Å²) in [6, 6.07) is 11.7. The number of benzene rings is 1. The van der Waals surface area contributed by atoms with Gasteiger partial charge in [-0.15, -0.1) is 0 Å². The zero-order chi connectivity index (χ0) is 20.2. The van der Waals surface area contributed by atoms with Crippen molar-refractivity contribution in [1.82, 2.24) is 15.1 Å². The second kappa shape index (κ2) is 8.93. The normalized spacial score (nSPS) is 18.8. The van der Waals surface area contributed by atoms with Gasteiger partial charge in [-0.1, -0.05) is 43.2 Å². The maximum absolute atomic E-state index is 13.2. The molecule has 0 spiro atoms. The lowest BCUT2D eigenvalue weighted by atomic mass is 9.84. The summed E-state index contributed by atoms with van der Waals surface area (Å²) in [5.74, 6) is 0.352. The van der Waals surface area contributed by atoms with Crippen molar-refractivity contribution in [3.63, 3.8) is 0 Å². The van der Waals surface area contributed by atoms with Gasteiger partial charge in [0.2, 0.25) is 5.91 Å². The molecular weight excluding hydrogens is 362 g/mol. The molecule has 1 aromatic carbocycles. The van der Waals surface area contributed by atoms with E-state index in [2.05, 4.69) is 22.5 Å². The van der Waals surface area contributed by atoms with Gasteiger partial charge < -0.3 is 5.32 Å². The van der Waals surface area contributed by atoms with E-state index in [0.717, 1.165) is 55.3 Å². The minimum Gasteiger partial charge on any atom is -0.351 e. The summed E-state index contributed by atoms with van der Waals surface area (Å²) in [6.45, 7) is 2.37. The summed E-state index contributed by atoms with van der Waals surface area (Å²) in [7, 11) is 0. The minimum atomic E-state index is -0.151. The lowest BCUT2D eigenvalue weighted by molar-refractivity contribution is -0.124. The van der Waals surface area contributed by atoms with Crippen LogP contribution in [-0.2, 0) is 24.2 Å². The molecule has 1 N–H and O–H groups in total. The van der Waals surface area contributed by atoms with Crippen LogP contribution in [0.4, 0.5) is 0 Å². The highest BCUT2D eigenvalue weighted by Crippen LogP contribution is 2.37. The Bertz CT molecular complexity index is 900. The smallest absolute Gasteiger partial charge is 0.267 e. The van der Waals surface area contributed by atoms with E-state index >= 15 is 0 Å². The van der Waals surface area contributed by atoms with E-state index in [-0.39, 0.29) is 23.4 Å². The quantitative estimate of drug-likeness (QED) is 0.816. The number of hydrogen-bond donors (Lipinski definition) is 1. The zero-order valence-corrected chi connectivity index (χ0v) is 17.3. The molecule has 0 bridgehead atoms. The molecule has 1 fully saturated rings. The molecule has 5 nitrogen and oxygen atoms in total. The standard InChI is InChI=1S/C24H31N3O2/c1-17(16-27-22(28)15-20-13-7-8-14-21(20)26-27)25-24(29)23(19-11-5-6-12-19)18-9-3-2-4-10-18/h2-4,9-10,15,17,19,23H,5-8,11-14,16H2,1H3,(H,25,29)/t17-,23?/m0/s1. The van der Waals surface area contributed by atoms with E-state index < -0.39 is 0 Å². The van der Waals surface area contributed by atoms with Crippen LogP contribution in [0.1, 0.15) is 68.2 Å². The van der Waals surface area contributed by atoms with Gasteiger partial charge in [-0.2, -0.15) is 5.10 Å². The summed E-state index contributed by atoms with van der Waals surface area (Å²) in [6.07, 6.45) is 8.76. The van der Waals surface area contributed by atoms with Gasteiger partial charge in [-0.05, 0) is 62.5 Å². The minimum absolute atomic E-state index is 0.0675. The van der Waals surface area contributed by atoms with Crippen LogP contribution in [0.15, 0.2) is 41.2 Å². The van der Waals surface area contributed by atoms with E-state index in [1.807, 2.05) is 25.1 Å². The Hall–Kier alpha value is -2.43. The molecule has 2 atom stereocenters. The second-order valence-electron chi connectivity index (χ2n) is 8.69. The zero-order valence-electron chi connectivity index (χ0n) is 17.3. The number of hydrogen-bond acceptors (Lipinski definition) is 3. The number of nitrogens with one attached hydrogen (secondary N) is 1. The summed E-state index contributed by atoms with van der Waals surface area (Å²) < 4.78 is 1.53. The van der Waals surface area contributed by atoms with Crippen molar-refractivity contribution in [2.75, 3.05) is 0 Å². The fourth-order valence-corrected chi connectivity index (χ4v) is 4.96. The largest absolute Gasteiger partial charge is 0.351 e. The molecule has 1 saturated carbocycles. The van der Waals surface area contributed by atoms with Crippen molar-refractivity contribution < 1.29 is 4.79 Å². The molecular formula is C24H31N3O2. The van der Waals surface area contributed by atoms with Crippen LogP contribution in [0, 0.1) is 5.92 Å². The number of aryl methyl sites for hydroxylation is 2. The van der Waals surface area contributed by atoms with Gasteiger partial charge in [0.15, 0.2) is 0 Å². The second-order valence-corrected chi connectivity index (χ2v) is 8.69. The molecule has 0 aliphatic heterocycles. The predicted molar refractivity (Wildman–Crippen MR) is 114 cm³/mol. The molecule has 0 saturated heterocycles. The number of nitrogens with zero attached hydrogens (tertiary/aromatic N) is 2. The molecule has 1 amide bonds. The first-order chi connectivity index (χ1) is 14.1. The van der Waals surface area contributed by atoms with Crippen LogP contribution >= 0.6 is 0 Å². The van der Waals surface area contributed by atoms with Crippen molar-refractivity contribution >= 4 is 5.91 Å². The molecule has 154 valence electrons. The molecule has 2 aliphatic carbocycles. The van der Waals surface area contributed by atoms with Crippen LogP contribution in [0.2, 0.25) is 0 Å². The lowest BCUT2D eigenvalue weighted by Gasteiger charge is -2.25. The Morgan fingerprint density at radius 2 is 1.86 bits per heavy atom. The predicted octanol–water partition coefficient (Wildman–Crippen LogP) is 3.60. The average molecular weight is 394 g/mol. The highest BCUT2D eigenvalue weighted by atomic mass is 16.2. The first-order valence-electron chi connectivity index (χ1n) is 11.1. The van der Waals surface area contributed by atoms with Crippen molar-refractivity contribution in [3.05, 3.63) is 63.6 Å². The van der Waals surface area contributed by atoms with Crippen molar-refractivity contribution in [3.8, 4) is 0 Å². The highest BCUT2D eigenvalue weighted by molar-refractivity contribution is 5.84. The molecule has 1 heterocycles. The van der Waals surface area contributed by atoms with Gasteiger partial charge in [-0.25, -0.2) is 4.68 Å². The summed E-state index contributed by atoms with van der Waals surface area (Å²) in [5, 5.41) is 7.77.